The van der Waals surface area contributed by atoms with E-state index in [9.17, 15) is 0 Å². The molecule has 4 aromatic carbocycles. The normalized spacial score (nSPS) is 22.5. The molecular weight excluding hydrogens is 656 g/mol. The summed E-state index contributed by atoms with van der Waals surface area (Å²) in [4.78, 5) is 8.24. The van der Waals surface area contributed by atoms with Crippen molar-refractivity contribution in [3.63, 3.8) is 0 Å². The standard InChI is InChI=1S/2C21H22N2O3/c2*1-3-7-18(8-4-1)13-24-14-20-15-25-21(26-20,16-23-12-11-22-17-23)19-9-5-2-6-10-19/h2*1-12,17,20H,13-16H2/t20-,21+;20-,21-/m00/s1. The molecule has 2 aliphatic rings. The van der Waals surface area contributed by atoms with Crippen LogP contribution in [0.4, 0.5) is 0 Å². The van der Waals surface area contributed by atoms with E-state index in [1.807, 2.05) is 119 Å². The van der Waals surface area contributed by atoms with Crippen molar-refractivity contribution in [2.24, 2.45) is 0 Å². The highest BCUT2D eigenvalue weighted by Crippen LogP contribution is 2.37. The van der Waals surface area contributed by atoms with Crippen LogP contribution >= 0.6 is 0 Å². The Morgan fingerprint density at radius 2 is 0.923 bits per heavy atom. The second kappa shape index (κ2) is 17.5. The molecule has 2 fully saturated rings. The van der Waals surface area contributed by atoms with Gasteiger partial charge in [-0.2, -0.15) is 0 Å². The molecule has 0 bridgehead atoms. The fourth-order valence-corrected chi connectivity index (χ4v) is 6.34. The third-order valence-corrected chi connectivity index (χ3v) is 8.88. The van der Waals surface area contributed by atoms with Gasteiger partial charge in [-0.05, 0) is 11.1 Å². The summed E-state index contributed by atoms with van der Waals surface area (Å²) in [6, 6.07) is 40.4. The second-order valence-corrected chi connectivity index (χ2v) is 12.8. The summed E-state index contributed by atoms with van der Waals surface area (Å²) in [5.41, 5.74) is 4.30. The molecule has 10 heteroatoms. The Morgan fingerprint density at radius 1 is 0.538 bits per heavy atom. The fraction of sp³-hybridized carbons (Fsp3) is 0.286. The highest BCUT2D eigenvalue weighted by atomic mass is 16.8. The summed E-state index contributed by atoms with van der Waals surface area (Å²) < 4.78 is 40.7. The summed E-state index contributed by atoms with van der Waals surface area (Å²) >= 11 is 0. The molecule has 0 N–H and O–H groups in total. The number of aromatic nitrogens is 4. The van der Waals surface area contributed by atoms with E-state index in [-0.39, 0.29) is 12.2 Å². The van der Waals surface area contributed by atoms with Crippen LogP contribution in [0.15, 0.2) is 159 Å². The lowest BCUT2D eigenvalue weighted by molar-refractivity contribution is -0.192. The average molecular weight is 701 g/mol. The van der Waals surface area contributed by atoms with Gasteiger partial charge in [0.25, 0.3) is 0 Å². The fourth-order valence-electron chi connectivity index (χ4n) is 6.34. The Kier molecular flexibility index (Phi) is 11.9. The molecule has 268 valence electrons. The molecule has 0 radical (unpaired) electrons. The van der Waals surface area contributed by atoms with E-state index in [2.05, 4.69) is 34.2 Å². The summed E-state index contributed by atoms with van der Waals surface area (Å²) in [7, 11) is 0. The van der Waals surface area contributed by atoms with Gasteiger partial charge in [0.15, 0.2) is 0 Å². The topological polar surface area (TPSA) is 91.0 Å². The number of rotatable bonds is 14. The Labute approximate surface area is 304 Å². The predicted molar refractivity (Wildman–Crippen MR) is 195 cm³/mol. The number of hydrogen-bond acceptors (Lipinski definition) is 8. The summed E-state index contributed by atoms with van der Waals surface area (Å²) in [6.45, 7) is 4.22. The molecule has 2 aromatic heterocycles. The van der Waals surface area contributed by atoms with Gasteiger partial charge in [0, 0.05) is 35.9 Å². The number of ether oxygens (including phenoxy) is 6. The molecule has 0 saturated carbocycles. The summed E-state index contributed by atoms with van der Waals surface area (Å²) in [5.74, 6) is -1.63. The first-order chi connectivity index (χ1) is 25.7. The molecule has 52 heavy (non-hydrogen) atoms. The first kappa shape index (κ1) is 35.5. The maximum Gasteiger partial charge on any atom is 0.214 e. The van der Waals surface area contributed by atoms with Crippen LogP contribution in [0.25, 0.3) is 0 Å². The molecule has 2 aliphatic heterocycles. The lowest BCUT2D eigenvalue weighted by Crippen LogP contribution is -2.34. The van der Waals surface area contributed by atoms with E-state index < -0.39 is 11.6 Å². The van der Waals surface area contributed by atoms with Gasteiger partial charge >= 0.3 is 0 Å². The van der Waals surface area contributed by atoms with Crippen molar-refractivity contribution in [3.8, 4) is 0 Å². The molecule has 0 unspecified atom stereocenters. The van der Waals surface area contributed by atoms with Gasteiger partial charge in [-0.1, -0.05) is 121 Å². The molecule has 8 rings (SSSR count). The van der Waals surface area contributed by atoms with E-state index in [1.165, 1.54) is 0 Å². The number of hydrogen-bond donors (Lipinski definition) is 0. The lowest BCUT2D eigenvalue weighted by atomic mass is 10.1. The van der Waals surface area contributed by atoms with Gasteiger partial charge in [-0.15, -0.1) is 0 Å². The van der Waals surface area contributed by atoms with Crippen molar-refractivity contribution < 1.29 is 28.4 Å². The monoisotopic (exact) mass is 700 g/mol. The molecule has 10 nitrogen and oxygen atoms in total. The van der Waals surface area contributed by atoms with Gasteiger partial charge in [-0.25, -0.2) is 9.97 Å². The maximum atomic E-state index is 6.35. The molecular formula is C42H44N4O6. The van der Waals surface area contributed by atoms with Gasteiger partial charge in [0.2, 0.25) is 11.6 Å². The van der Waals surface area contributed by atoms with Crippen molar-refractivity contribution in [1.29, 1.82) is 0 Å². The zero-order chi connectivity index (χ0) is 35.3. The Bertz CT molecular complexity index is 1720. The van der Waals surface area contributed by atoms with Crippen molar-refractivity contribution in [3.05, 3.63) is 181 Å². The molecule has 4 atom stereocenters. The highest BCUT2D eigenvalue weighted by molar-refractivity contribution is 5.23. The lowest BCUT2D eigenvalue weighted by Gasteiger charge is -2.29. The van der Waals surface area contributed by atoms with Crippen LogP contribution in [0.2, 0.25) is 0 Å². The van der Waals surface area contributed by atoms with Crippen molar-refractivity contribution >= 4 is 0 Å². The van der Waals surface area contributed by atoms with Crippen molar-refractivity contribution in [1.82, 2.24) is 19.1 Å². The number of nitrogens with zero attached hydrogens (tertiary/aromatic N) is 4. The third kappa shape index (κ3) is 9.29. The Hall–Kier alpha value is -4.94. The van der Waals surface area contributed by atoms with Crippen LogP contribution < -0.4 is 0 Å². The SMILES string of the molecule is c1ccc(COC[C@H]2CO[C@@](Cn3ccnc3)(c3ccccc3)O2)cc1.c1ccc(COC[C@H]2CO[C@](Cn3ccnc3)(c3ccccc3)O2)cc1. The first-order valence-electron chi connectivity index (χ1n) is 17.6. The Morgan fingerprint density at radius 3 is 1.29 bits per heavy atom. The van der Waals surface area contributed by atoms with E-state index in [0.29, 0.717) is 52.7 Å². The van der Waals surface area contributed by atoms with E-state index in [0.717, 1.165) is 22.3 Å². The van der Waals surface area contributed by atoms with Gasteiger partial charge in [-0.3, -0.25) is 0 Å². The van der Waals surface area contributed by atoms with Crippen LogP contribution in [-0.2, 0) is 66.3 Å². The van der Waals surface area contributed by atoms with Crippen LogP contribution in [0.1, 0.15) is 22.3 Å². The van der Waals surface area contributed by atoms with Gasteiger partial charge in [0.05, 0.1) is 65.4 Å². The first-order valence-corrected chi connectivity index (χ1v) is 17.6. The Balaban J connectivity index is 0.000000162. The average Bonchev–Trinajstić information content (AvgIpc) is 4.04. The van der Waals surface area contributed by atoms with Crippen LogP contribution in [0.3, 0.4) is 0 Å². The molecule has 2 saturated heterocycles. The minimum atomic E-state index is -0.817. The number of benzene rings is 4. The van der Waals surface area contributed by atoms with E-state index in [1.54, 1.807) is 25.0 Å². The second-order valence-electron chi connectivity index (χ2n) is 12.8. The maximum absolute atomic E-state index is 6.35. The zero-order valence-corrected chi connectivity index (χ0v) is 29.1. The van der Waals surface area contributed by atoms with E-state index >= 15 is 0 Å². The predicted octanol–water partition coefficient (Wildman–Crippen LogP) is 6.74. The molecule has 0 aliphatic carbocycles. The quantitative estimate of drug-likeness (QED) is 0.124. The highest BCUT2D eigenvalue weighted by Gasteiger charge is 2.44. The number of imidazole rings is 2. The van der Waals surface area contributed by atoms with Crippen LogP contribution in [0, 0.1) is 0 Å². The largest absolute Gasteiger partial charge is 0.374 e. The summed E-state index contributed by atoms with van der Waals surface area (Å²) in [6.07, 6.45) is 10.7. The van der Waals surface area contributed by atoms with Gasteiger partial charge in [0.1, 0.15) is 12.2 Å². The van der Waals surface area contributed by atoms with Crippen molar-refractivity contribution in [2.45, 2.75) is 50.1 Å². The molecule has 0 amide bonds. The minimum Gasteiger partial charge on any atom is -0.374 e. The van der Waals surface area contributed by atoms with Crippen LogP contribution in [0.5, 0.6) is 0 Å². The van der Waals surface area contributed by atoms with E-state index in [4.69, 9.17) is 28.4 Å². The van der Waals surface area contributed by atoms with Crippen LogP contribution in [-0.4, -0.2) is 57.7 Å². The van der Waals surface area contributed by atoms with Gasteiger partial charge < -0.3 is 37.6 Å². The minimum absolute atomic E-state index is 0.109. The zero-order valence-electron chi connectivity index (χ0n) is 29.1. The molecule has 6 aromatic rings. The smallest absolute Gasteiger partial charge is 0.214 e. The van der Waals surface area contributed by atoms with Crippen molar-refractivity contribution in [2.75, 3.05) is 26.4 Å². The third-order valence-electron chi connectivity index (χ3n) is 8.88. The molecule has 4 heterocycles. The molecule has 0 spiro atoms. The summed E-state index contributed by atoms with van der Waals surface area (Å²) in [5, 5.41) is 0.